The number of ether oxygens (including phenoxy) is 11. The Morgan fingerprint density at radius 3 is 0.776 bits per heavy atom. The van der Waals surface area contributed by atoms with Crippen molar-refractivity contribution in [2.75, 3.05) is 132 Å². The van der Waals surface area contributed by atoms with E-state index in [2.05, 4.69) is 13.8 Å². The van der Waals surface area contributed by atoms with Crippen LogP contribution in [0.3, 0.4) is 0 Å². The third-order valence-corrected chi connectivity index (χ3v) is 6.93. The van der Waals surface area contributed by atoms with Crippen LogP contribution in [-0.2, 0) is 61.7 Å². The van der Waals surface area contributed by atoms with Crippen LogP contribution in [0, 0.1) is 0 Å². The van der Waals surface area contributed by atoms with Crippen molar-refractivity contribution in [3.63, 3.8) is 0 Å². The molecule has 0 aromatic rings. The lowest BCUT2D eigenvalue weighted by atomic mass is 10.1. The maximum absolute atomic E-state index is 11.7. The van der Waals surface area contributed by atoms with Crippen LogP contribution >= 0.6 is 0 Å². The summed E-state index contributed by atoms with van der Waals surface area (Å²) in [5.41, 5.74) is 0. The van der Waals surface area contributed by atoms with Gasteiger partial charge in [-0.25, -0.2) is 0 Å². The minimum atomic E-state index is -0.161. The molecule has 0 aromatic heterocycles. The Labute approximate surface area is 296 Å². The number of carbonyl (C=O) groups is 2. The van der Waals surface area contributed by atoms with Crippen LogP contribution in [-0.4, -0.2) is 144 Å². The summed E-state index contributed by atoms with van der Waals surface area (Å²) in [7, 11) is 0. The molecular weight excluding hydrogens is 640 g/mol. The summed E-state index contributed by atoms with van der Waals surface area (Å²) in [5.74, 6) is -0.304. The van der Waals surface area contributed by atoms with E-state index in [0.717, 1.165) is 32.1 Å². The molecule has 0 rings (SSSR count). The molecule has 0 spiro atoms. The quantitative estimate of drug-likeness (QED) is 0.0626. The lowest BCUT2D eigenvalue weighted by molar-refractivity contribution is -0.146. The molecule has 0 amide bonds. The van der Waals surface area contributed by atoms with Gasteiger partial charge in [-0.05, 0) is 12.8 Å². The van der Waals surface area contributed by atoms with Crippen molar-refractivity contribution in [1.82, 2.24) is 0 Å². The van der Waals surface area contributed by atoms with Gasteiger partial charge in [-0.15, -0.1) is 0 Å². The average Bonchev–Trinajstić information content (AvgIpc) is 3.10. The minimum Gasteiger partial charge on any atom is -0.463 e. The number of rotatable bonds is 42. The van der Waals surface area contributed by atoms with E-state index in [1.165, 1.54) is 32.1 Å². The molecule has 0 fully saturated rings. The highest BCUT2D eigenvalue weighted by molar-refractivity contribution is 5.69. The van der Waals surface area contributed by atoms with E-state index in [1.807, 2.05) is 0 Å². The number of hydrogen-bond donors (Lipinski definition) is 0. The molecule has 0 atom stereocenters. The third kappa shape index (κ3) is 42.7. The fourth-order valence-electron chi connectivity index (χ4n) is 4.18. The molecule has 13 nitrogen and oxygen atoms in total. The molecule has 0 unspecified atom stereocenters. The fraction of sp³-hybridized carbons (Fsp3) is 0.944. The molecule has 0 aromatic carbocycles. The molecule has 49 heavy (non-hydrogen) atoms. The normalized spacial score (nSPS) is 11.3. The van der Waals surface area contributed by atoms with Crippen molar-refractivity contribution < 1.29 is 61.7 Å². The van der Waals surface area contributed by atoms with Gasteiger partial charge in [0.1, 0.15) is 13.2 Å². The predicted molar refractivity (Wildman–Crippen MR) is 186 cm³/mol. The zero-order valence-electron chi connectivity index (χ0n) is 30.9. The van der Waals surface area contributed by atoms with E-state index in [0.29, 0.717) is 132 Å². The first-order valence-electron chi connectivity index (χ1n) is 18.7. The van der Waals surface area contributed by atoms with Crippen LogP contribution in [0.15, 0.2) is 0 Å². The molecule has 0 bridgehead atoms. The Morgan fingerprint density at radius 2 is 0.490 bits per heavy atom. The summed E-state index contributed by atoms with van der Waals surface area (Å²) in [5, 5.41) is 0. The second kappa shape index (κ2) is 42.7. The SMILES string of the molecule is CCCCCCCCCC(=O)OCCOCCOCCOCCOCCOCCOCCOCCOCCOCCOC(=O)CCCCC. The van der Waals surface area contributed by atoms with Gasteiger partial charge in [-0.2, -0.15) is 0 Å². The van der Waals surface area contributed by atoms with Gasteiger partial charge in [-0.3, -0.25) is 9.59 Å². The molecule has 0 aliphatic carbocycles. The summed E-state index contributed by atoms with van der Waals surface area (Å²) in [4.78, 5) is 23.2. The van der Waals surface area contributed by atoms with Crippen molar-refractivity contribution in [1.29, 1.82) is 0 Å². The number of hydrogen-bond acceptors (Lipinski definition) is 13. The van der Waals surface area contributed by atoms with Gasteiger partial charge in [0, 0.05) is 12.8 Å². The summed E-state index contributed by atoms with van der Waals surface area (Å²) >= 11 is 0. The minimum absolute atomic E-state index is 0.143. The van der Waals surface area contributed by atoms with Crippen LogP contribution in [0.25, 0.3) is 0 Å². The lowest BCUT2D eigenvalue weighted by Crippen LogP contribution is -2.15. The van der Waals surface area contributed by atoms with Crippen LogP contribution in [0.2, 0.25) is 0 Å². The molecule has 0 aliphatic rings. The monoisotopic (exact) mass is 710 g/mol. The second-order valence-electron chi connectivity index (χ2n) is 11.3. The molecule has 0 heterocycles. The third-order valence-electron chi connectivity index (χ3n) is 6.93. The van der Waals surface area contributed by atoms with Gasteiger partial charge < -0.3 is 52.1 Å². The first kappa shape index (κ1) is 47.6. The highest BCUT2D eigenvalue weighted by atomic mass is 16.6. The maximum Gasteiger partial charge on any atom is 0.305 e. The van der Waals surface area contributed by atoms with E-state index in [4.69, 9.17) is 52.1 Å². The van der Waals surface area contributed by atoms with Crippen LogP contribution in [0.1, 0.15) is 90.9 Å². The summed E-state index contributed by atoms with van der Waals surface area (Å²) in [6, 6.07) is 0. The van der Waals surface area contributed by atoms with Crippen molar-refractivity contribution >= 4 is 11.9 Å². The first-order chi connectivity index (χ1) is 24.2. The van der Waals surface area contributed by atoms with E-state index in [9.17, 15) is 9.59 Å². The maximum atomic E-state index is 11.7. The van der Waals surface area contributed by atoms with E-state index in [-0.39, 0.29) is 25.2 Å². The van der Waals surface area contributed by atoms with Crippen LogP contribution in [0.5, 0.6) is 0 Å². The molecule has 0 radical (unpaired) electrons. The number of esters is 2. The zero-order valence-corrected chi connectivity index (χ0v) is 30.9. The Bertz CT molecular complexity index is 669. The Morgan fingerprint density at radius 1 is 0.286 bits per heavy atom. The molecule has 0 saturated heterocycles. The Kier molecular flexibility index (Phi) is 41.5. The molecule has 13 heteroatoms. The zero-order chi connectivity index (χ0) is 35.6. The number of unbranched alkanes of at least 4 members (excludes halogenated alkanes) is 8. The van der Waals surface area contributed by atoms with E-state index >= 15 is 0 Å². The van der Waals surface area contributed by atoms with Gasteiger partial charge in [0.2, 0.25) is 0 Å². The Hall–Kier alpha value is -1.42. The molecule has 292 valence electrons. The van der Waals surface area contributed by atoms with E-state index < -0.39 is 0 Å². The second-order valence-corrected chi connectivity index (χ2v) is 11.3. The molecule has 0 saturated carbocycles. The smallest absolute Gasteiger partial charge is 0.305 e. The predicted octanol–water partition coefficient (Wildman–Crippen LogP) is 4.94. The molecule has 0 N–H and O–H groups in total. The summed E-state index contributed by atoms with van der Waals surface area (Å²) in [6.45, 7) is 13.3. The lowest BCUT2D eigenvalue weighted by Gasteiger charge is -2.09. The van der Waals surface area contributed by atoms with Gasteiger partial charge in [-0.1, -0.05) is 65.2 Å². The van der Waals surface area contributed by atoms with Gasteiger partial charge in [0.15, 0.2) is 0 Å². The van der Waals surface area contributed by atoms with Crippen molar-refractivity contribution in [2.24, 2.45) is 0 Å². The van der Waals surface area contributed by atoms with Crippen LogP contribution in [0.4, 0.5) is 0 Å². The van der Waals surface area contributed by atoms with Gasteiger partial charge in [0.05, 0.1) is 119 Å². The van der Waals surface area contributed by atoms with Gasteiger partial charge in [0.25, 0.3) is 0 Å². The molecular formula is C36H70O13. The Balaban J connectivity index is 3.12. The highest BCUT2D eigenvalue weighted by Gasteiger charge is 2.03. The van der Waals surface area contributed by atoms with Crippen molar-refractivity contribution in [3.05, 3.63) is 0 Å². The largest absolute Gasteiger partial charge is 0.463 e. The standard InChI is InChI=1S/C36H70O13/c1-3-5-7-8-9-10-12-14-36(38)49-34-32-47-30-28-45-26-24-43-22-20-41-18-16-39-15-17-40-19-21-42-23-25-44-27-29-46-31-33-48-35(37)13-11-6-4-2/h3-34H2,1-2H3. The molecule has 0 aliphatic heterocycles. The van der Waals surface area contributed by atoms with Crippen molar-refractivity contribution in [2.45, 2.75) is 90.9 Å². The summed E-state index contributed by atoms with van der Waals surface area (Å²) in [6.07, 6.45) is 12.3. The summed E-state index contributed by atoms with van der Waals surface area (Å²) < 4.78 is 59.4. The fourth-order valence-corrected chi connectivity index (χ4v) is 4.18. The number of carbonyl (C=O) groups excluding carboxylic acids is 2. The first-order valence-corrected chi connectivity index (χ1v) is 18.7. The van der Waals surface area contributed by atoms with Crippen LogP contribution < -0.4 is 0 Å². The highest BCUT2D eigenvalue weighted by Crippen LogP contribution is 2.08. The van der Waals surface area contributed by atoms with Gasteiger partial charge >= 0.3 is 11.9 Å². The van der Waals surface area contributed by atoms with Crippen molar-refractivity contribution in [3.8, 4) is 0 Å². The average molecular weight is 711 g/mol. The topological polar surface area (TPSA) is 136 Å². The van der Waals surface area contributed by atoms with E-state index in [1.54, 1.807) is 0 Å².